The summed E-state index contributed by atoms with van der Waals surface area (Å²) in [6, 6.07) is 11.5. The molecular formula is C23H26N2O6S. The van der Waals surface area contributed by atoms with Crippen molar-refractivity contribution in [2.24, 2.45) is 0 Å². The van der Waals surface area contributed by atoms with Crippen LogP contribution in [0.4, 0.5) is 0 Å². The number of carbonyl (C=O) groups excluding carboxylic acids is 2. The van der Waals surface area contributed by atoms with E-state index < -0.39 is 16.0 Å². The van der Waals surface area contributed by atoms with Crippen molar-refractivity contribution < 1.29 is 27.5 Å². The quantitative estimate of drug-likeness (QED) is 0.371. The zero-order valence-electron chi connectivity index (χ0n) is 18.0. The van der Waals surface area contributed by atoms with Gasteiger partial charge in [0.15, 0.2) is 11.5 Å². The van der Waals surface area contributed by atoms with Gasteiger partial charge in [-0.3, -0.25) is 9.59 Å². The summed E-state index contributed by atoms with van der Waals surface area (Å²) in [7, 11) is -1.98. The van der Waals surface area contributed by atoms with Gasteiger partial charge in [0.05, 0.1) is 12.0 Å². The molecule has 0 radical (unpaired) electrons. The van der Waals surface area contributed by atoms with Gasteiger partial charge in [-0.15, -0.1) is 0 Å². The van der Waals surface area contributed by atoms with Crippen LogP contribution in [0.1, 0.15) is 30.9 Å². The summed E-state index contributed by atoms with van der Waals surface area (Å²) in [4.78, 5) is 23.5. The number of methoxy groups -OCH3 is 1. The Labute approximate surface area is 187 Å². The van der Waals surface area contributed by atoms with Crippen LogP contribution in [0.3, 0.4) is 0 Å². The molecule has 0 spiro atoms. The lowest BCUT2D eigenvalue weighted by Crippen LogP contribution is -2.27. The highest BCUT2D eigenvalue weighted by Crippen LogP contribution is 2.28. The van der Waals surface area contributed by atoms with Crippen molar-refractivity contribution >= 4 is 28.0 Å². The molecule has 170 valence electrons. The van der Waals surface area contributed by atoms with Crippen molar-refractivity contribution in [3.05, 3.63) is 59.7 Å². The predicted molar refractivity (Wildman–Crippen MR) is 120 cm³/mol. The number of ether oxygens (including phenoxy) is 2. The van der Waals surface area contributed by atoms with E-state index in [1.165, 1.54) is 24.4 Å². The number of hydrogen-bond acceptors (Lipinski definition) is 6. The van der Waals surface area contributed by atoms with Gasteiger partial charge in [-0.2, -0.15) is 4.31 Å². The van der Waals surface area contributed by atoms with E-state index >= 15 is 0 Å². The number of nitrogens with zero attached hydrogens (tertiary/aromatic N) is 1. The Bertz CT molecular complexity index is 1100. The maximum absolute atomic E-state index is 12.6. The molecule has 0 aromatic heterocycles. The van der Waals surface area contributed by atoms with E-state index in [1.54, 1.807) is 48.5 Å². The Morgan fingerprint density at radius 1 is 1.06 bits per heavy atom. The van der Waals surface area contributed by atoms with Crippen LogP contribution in [0.5, 0.6) is 11.5 Å². The summed E-state index contributed by atoms with van der Waals surface area (Å²) in [5.41, 5.74) is 1.49. The third-order valence-corrected chi connectivity index (χ3v) is 6.87. The Morgan fingerprint density at radius 2 is 1.75 bits per heavy atom. The molecule has 8 nitrogen and oxygen atoms in total. The topological polar surface area (TPSA) is 102 Å². The fraction of sp³-hybridized carbons (Fsp3) is 0.304. The average molecular weight is 459 g/mol. The minimum absolute atomic E-state index is 0.264. The zero-order valence-corrected chi connectivity index (χ0v) is 18.9. The molecule has 1 heterocycles. The Balaban J connectivity index is 1.56. The summed E-state index contributed by atoms with van der Waals surface area (Å²) in [6.45, 7) is 2.69. The number of hydrogen-bond donors (Lipinski definition) is 1. The monoisotopic (exact) mass is 458 g/mol. The summed E-state index contributed by atoms with van der Waals surface area (Å²) >= 11 is 0. The van der Waals surface area contributed by atoms with E-state index in [4.69, 9.17) is 9.47 Å². The van der Waals surface area contributed by atoms with E-state index in [1.807, 2.05) is 0 Å². The van der Waals surface area contributed by atoms with E-state index in [0.29, 0.717) is 30.2 Å². The normalized spacial score (nSPS) is 14.4. The third kappa shape index (κ3) is 5.95. The first kappa shape index (κ1) is 23.5. The number of rotatable bonds is 8. The Kier molecular flexibility index (Phi) is 7.66. The lowest BCUT2D eigenvalue weighted by atomic mass is 10.2. The smallest absolute Gasteiger partial charge is 0.308 e. The van der Waals surface area contributed by atoms with Gasteiger partial charge in [-0.1, -0.05) is 18.2 Å². The molecule has 2 aromatic carbocycles. The SMILES string of the molecule is COc1cc(/C=C/C(=O)NCc2ccc(S(=O)(=O)N3CCCC3)cc2)ccc1OC(C)=O. The van der Waals surface area contributed by atoms with Crippen molar-refractivity contribution in [2.75, 3.05) is 20.2 Å². The minimum Gasteiger partial charge on any atom is -0.493 e. The highest BCUT2D eigenvalue weighted by molar-refractivity contribution is 7.89. The highest BCUT2D eigenvalue weighted by atomic mass is 32.2. The predicted octanol–water partition coefficient (Wildman–Crippen LogP) is 2.73. The third-order valence-electron chi connectivity index (χ3n) is 4.96. The average Bonchev–Trinajstić information content (AvgIpc) is 3.33. The van der Waals surface area contributed by atoms with Crippen LogP contribution in [0, 0.1) is 0 Å². The summed E-state index contributed by atoms with van der Waals surface area (Å²) in [5, 5.41) is 2.76. The maximum atomic E-state index is 12.6. The number of nitrogens with one attached hydrogen (secondary N) is 1. The van der Waals surface area contributed by atoms with Gasteiger partial charge in [0, 0.05) is 32.6 Å². The second-order valence-electron chi connectivity index (χ2n) is 7.31. The highest BCUT2D eigenvalue weighted by Gasteiger charge is 2.26. The van der Waals surface area contributed by atoms with Crippen molar-refractivity contribution in [1.82, 2.24) is 9.62 Å². The number of carbonyl (C=O) groups is 2. The van der Waals surface area contributed by atoms with Gasteiger partial charge in [0.2, 0.25) is 15.9 Å². The maximum Gasteiger partial charge on any atom is 0.308 e. The molecule has 1 aliphatic heterocycles. The molecule has 2 aromatic rings. The van der Waals surface area contributed by atoms with Crippen LogP contribution in [0.2, 0.25) is 0 Å². The fourth-order valence-electron chi connectivity index (χ4n) is 3.30. The number of sulfonamides is 1. The van der Waals surface area contributed by atoms with E-state index in [9.17, 15) is 18.0 Å². The van der Waals surface area contributed by atoms with Gasteiger partial charge in [-0.25, -0.2) is 8.42 Å². The summed E-state index contributed by atoms with van der Waals surface area (Å²) in [5.74, 6) is -0.0713. The largest absolute Gasteiger partial charge is 0.493 e. The molecule has 1 fully saturated rings. The van der Waals surface area contributed by atoms with Crippen LogP contribution < -0.4 is 14.8 Å². The lowest BCUT2D eigenvalue weighted by molar-refractivity contribution is -0.132. The van der Waals surface area contributed by atoms with Crippen LogP contribution in [-0.4, -0.2) is 44.8 Å². The Morgan fingerprint density at radius 3 is 2.38 bits per heavy atom. The van der Waals surface area contributed by atoms with Crippen molar-refractivity contribution in [3.8, 4) is 11.5 Å². The number of benzene rings is 2. The first-order valence-electron chi connectivity index (χ1n) is 10.2. The molecule has 1 aliphatic rings. The van der Waals surface area contributed by atoms with Crippen LogP contribution in [0.15, 0.2) is 53.4 Å². The van der Waals surface area contributed by atoms with Crippen molar-refractivity contribution in [2.45, 2.75) is 31.2 Å². The minimum atomic E-state index is -3.44. The number of amides is 1. The van der Waals surface area contributed by atoms with Crippen molar-refractivity contribution in [1.29, 1.82) is 0 Å². The summed E-state index contributed by atoms with van der Waals surface area (Å²) in [6.07, 6.45) is 4.77. The summed E-state index contributed by atoms with van der Waals surface area (Å²) < 4.78 is 36.9. The van der Waals surface area contributed by atoms with E-state index in [-0.39, 0.29) is 17.3 Å². The first-order chi connectivity index (χ1) is 15.3. The second kappa shape index (κ2) is 10.4. The molecule has 0 saturated carbocycles. The van der Waals surface area contributed by atoms with Gasteiger partial charge in [0.25, 0.3) is 0 Å². The van der Waals surface area contributed by atoms with Gasteiger partial charge < -0.3 is 14.8 Å². The molecular weight excluding hydrogens is 432 g/mol. The van der Waals surface area contributed by atoms with Crippen LogP contribution in [-0.2, 0) is 26.2 Å². The molecule has 3 rings (SSSR count). The first-order valence-corrected chi connectivity index (χ1v) is 11.6. The fourth-order valence-corrected chi connectivity index (χ4v) is 4.82. The van der Waals surface area contributed by atoms with Gasteiger partial charge in [-0.05, 0) is 54.3 Å². The molecule has 0 atom stereocenters. The van der Waals surface area contributed by atoms with Crippen LogP contribution in [0.25, 0.3) is 6.08 Å². The molecule has 32 heavy (non-hydrogen) atoms. The molecule has 9 heteroatoms. The molecule has 0 unspecified atom stereocenters. The molecule has 0 bridgehead atoms. The van der Waals surface area contributed by atoms with Crippen molar-refractivity contribution in [3.63, 3.8) is 0 Å². The second-order valence-corrected chi connectivity index (χ2v) is 9.25. The lowest BCUT2D eigenvalue weighted by Gasteiger charge is -2.15. The number of esters is 1. The Hall–Kier alpha value is -3.17. The molecule has 0 aliphatic carbocycles. The van der Waals surface area contributed by atoms with Gasteiger partial charge >= 0.3 is 5.97 Å². The van der Waals surface area contributed by atoms with Crippen LogP contribution >= 0.6 is 0 Å². The van der Waals surface area contributed by atoms with E-state index in [2.05, 4.69) is 5.32 Å². The van der Waals surface area contributed by atoms with E-state index in [0.717, 1.165) is 18.4 Å². The zero-order chi connectivity index (χ0) is 23.1. The van der Waals surface area contributed by atoms with Gasteiger partial charge in [0.1, 0.15) is 0 Å². The molecule has 1 amide bonds. The molecule has 1 saturated heterocycles. The standard InChI is InChI=1S/C23H26N2O6S/c1-17(26)31-21-11-7-18(15-22(21)30-2)8-12-23(27)24-16-19-5-9-20(10-6-19)32(28,29)25-13-3-4-14-25/h5-12,15H,3-4,13-14,16H2,1-2H3,(H,24,27)/b12-8+. The molecule has 1 N–H and O–H groups in total.